The zero-order valence-corrected chi connectivity index (χ0v) is 14.5. The first-order valence-corrected chi connectivity index (χ1v) is 8.55. The highest BCUT2D eigenvalue weighted by molar-refractivity contribution is 5.80. The molecule has 0 aliphatic carbocycles. The highest BCUT2D eigenvalue weighted by atomic mass is 16.2. The van der Waals surface area contributed by atoms with Gasteiger partial charge in [-0.25, -0.2) is 0 Å². The van der Waals surface area contributed by atoms with E-state index >= 15 is 0 Å². The molecule has 122 valence electrons. The van der Waals surface area contributed by atoms with Crippen LogP contribution in [0.3, 0.4) is 0 Å². The predicted octanol–water partition coefficient (Wildman–Crippen LogP) is 1.83. The molecule has 1 aromatic carbocycles. The third-order valence-electron chi connectivity index (χ3n) is 4.62. The number of hydrogen-bond donors (Lipinski definition) is 2. The van der Waals surface area contributed by atoms with Crippen LogP contribution < -0.4 is 10.2 Å². The molecule has 2 rings (SSSR count). The monoisotopic (exact) mass is 303 g/mol. The van der Waals surface area contributed by atoms with Gasteiger partial charge in [-0.2, -0.15) is 0 Å². The van der Waals surface area contributed by atoms with E-state index in [4.69, 9.17) is 0 Å². The van der Waals surface area contributed by atoms with E-state index in [0.29, 0.717) is 0 Å². The third kappa shape index (κ3) is 5.13. The van der Waals surface area contributed by atoms with Crippen molar-refractivity contribution in [1.29, 1.82) is 0 Å². The van der Waals surface area contributed by atoms with Crippen LogP contribution >= 0.6 is 0 Å². The van der Waals surface area contributed by atoms with Gasteiger partial charge in [0.25, 0.3) is 5.91 Å². The van der Waals surface area contributed by atoms with Crippen LogP contribution in [-0.2, 0) is 11.2 Å². The molecule has 1 saturated heterocycles. The third-order valence-corrected chi connectivity index (χ3v) is 4.62. The Labute approximate surface area is 135 Å². The molecule has 1 aliphatic rings. The first-order chi connectivity index (χ1) is 10.3. The number of nitrogens with one attached hydrogen (secondary N) is 2. The van der Waals surface area contributed by atoms with Crippen molar-refractivity contribution in [3.8, 4) is 0 Å². The minimum absolute atomic E-state index is 0.0527. The van der Waals surface area contributed by atoms with Gasteiger partial charge < -0.3 is 10.2 Å². The molecule has 0 bridgehead atoms. The van der Waals surface area contributed by atoms with Crippen molar-refractivity contribution < 1.29 is 9.69 Å². The van der Waals surface area contributed by atoms with Gasteiger partial charge in [0.1, 0.15) is 0 Å². The van der Waals surface area contributed by atoms with Gasteiger partial charge in [0, 0.05) is 5.54 Å². The average molecular weight is 303 g/mol. The molecular formula is C19H31N2O+. The topological polar surface area (TPSA) is 33.5 Å². The first kappa shape index (κ1) is 17.0. The SMILES string of the molecule is C[C@@H](C(=O)NC(C)(C)C)[NH+]1CCC(Cc2ccccc2)CC1. The molecule has 22 heavy (non-hydrogen) atoms. The number of benzene rings is 1. The number of carbonyl (C=O) groups excluding carboxylic acids is 1. The lowest BCUT2D eigenvalue weighted by molar-refractivity contribution is -0.920. The molecule has 1 heterocycles. The maximum absolute atomic E-state index is 12.3. The average Bonchev–Trinajstić information content (AvgIpc) is 2.46. The molecule has 1 atom stereocenters. The molecule has 1 aromatic rings. The highest BCUT2D eigenvalue weighted by Gasteiger charge is 2.31. The minimum atomic E-state index is -0.142. The number of carbonyl (C=O) groups is 1. The Balaban J connectivity index is 1.80. The summed E-state index contributed by atoms with van der Waals surface area (Å²) in [6, 6.07) is 10.8. The molecule has 3 nitrogen and oxygen atoms in total. The van der Waals surface area contributed by atoms with E-state index in [0.717, 1.165) is 19.0 Å². The van der Waals surface area contributed by atoms with E-state index in [1.54, 1.807) is 0 Å². The molecule has 0 unspecified atom stereocenters. The van der Waals surface area contributed by atoms with E-state index in [9.17, 15) is 4.79 Å². The summed E-state index contributed by atoms with van der Waals surface area (Å²) in [6.45, 7) is 10.4. The maximum Gasteiger partial charge on any atom is 0.278 e. The van der Waals surface area contributed by atoms with Gasteiger partial charge in [-0.3, -0.25) is 4.79 Å². The quantitative estimate of drug-likeness (QED) is 0.874. The van der Waals surface area contributed by atoms with Gasteiger partial charge in [-0.1, -0.05) is 30.3 Å². The maximum atomic E-state index is 12.3. The van der Waals surface area contributed by atoms with Crippen molar-refractivity contribution in [2.45, 2.75) is 58.5 Å². The van der Waals surface area contributed by atoms with Crippen LogP contribution in [-0.4, -0.2) is 30.6 Å². The van der Waals surface area contributed by atoms with Crippen LogP contribution in [0, 0.1) is 5.92 Å². The normalized spacial score (nSPS) is 23.8. The van der Waals surface area contributed by atoms with Crippen molar-refractivity contribution in [1.82, 2.24) is 5.32 Å². The second-order valence-electron chi connectivity index (χ2n) is 7.75. The Hall–Kier alpha value is -1.35. The number of amides is 1. The predicted molar refractivity (Wildman–Crippen MR) is 90.9 cm³/mol. The Bertz CT molecular complexity index is 470. The van der Waals surface area contributed by atoms with Gasteiger partial charge in [0.05, 0.1) is 13.1 Å². The summed E-state index contributed by atoms with van der Waals surface area (Å²) in [5.41, 5.74) is 1.30. The van der Waals surface area contributed by atoms with Gasteiger partial charge in [0.15, 0.2) is 6.04 Å². The summed E-state index contributed by atoms with van der Waals surface area (Å²) in [5, 5.41) is 3.11. The number of likely N-dealkylation sites (tertiary alicyclic amines) is 1. The number of piperidine rings is 1. The summed E-state index contributed by atoms with van der Waals surface area (Å²) in [4.78, 5) is 13.7. The second-order valence-corrected chi connectivity index (χ2v) is 7.75. The summed E-state index contributed by atoms with van der Waals surface area (Å²) < 4.78 is 0. The van der Waals surface area contributed by atoms with E-state index < -0.39 is 0 Å². The molecular weight excluding hydrogens is 272 g/mol. The van der Waals surface area contributed by atoms with Crippen molar-refractivity contribution in [2.24, 2.45) is 5.92 Å². The van der Waals surface area contributed by atoms with Crippen molar-refractivity contribution >= 4 is 5.91 Å². The highest BCUT2D eigenvalue weighted by Crippen LogP contribution is 2.16. The zero-order chi connectivity index (χ0) is 16.2. The summed E-state index contributed by atoms with van der Waals surface area (Å²) in [7, 11) is 0. The number of hydrogen-bond acceptors (Lipinski definition) is 1. The van der Waals surface area contributed by atoms with E-state index in [2.05, 4.69) is 42.6 Å². The summed E-state index contributed by atoms with van der Waals surface area (Å²) >= 11 is 0. The van der Waals surface area contributed by atoms with Crippen LogP contribution in [0.1, 0.15) is 46.1 Å². The fraction of sp³-hybridized carbons (Fsp3) is 0.632. The standard InChI is InChI=1S/C19H30N2O/c1-15(18(22)20-19(2,3)4)21-12-10-17(11-13-21)14-16-8-6-5-7-9-16/h5-9,15,17H,10-14H2,1-4H3,(H,20,22)/p+1/t15-/m0/s1. The lowest BCUT2D eigenvalue weighted by atomic mass is 9.89. The van der Waals surface area contributed by atoms with E-state index in [1.165, 1.54) is 29.7 Å². The number of rotatable bonds is 4. The second kappa shape index (κ2) is 7.28. The molecule has 0 saturated carbocycles. The minimum Gasteiger partial charge on any atom is -0.346 e. The smallest absolute Gasteiger partial charge is 0.278 e. The first-order valence-electron chi connectivity index (χ1n) is 8.55. The van der Waals surface area contributed by atoms with Crippen molar-refractivity contribution in [3.63, 3.8) is 0 Å². The molecule has 0 spiro atoms. The fourth-order valence-electron chi connectivity index (χ4n) is 3.30. The van der Waals surface area contributed by atoms with Gasteiger partial charge >= 0.3 is 0 Å². The van der Waals surface area contributed by atoms with Gasteiger partial charge in [-0.05, 0) is 58.4 Å². The van der Waals surface area contributed by atoms with Crippen LogP contribution in [0.4, 0.5) is 0 Å². The lowest BCUT2D eigenvalue weighted by Gasteiger charge is -2.34. The van der Waals surface area contributed by atoms with Crippen molar-refractivity contribution in [2.75, 3.05) is 13.1 Å². The van der Waals surface area contributed by atoms with Gasteiger partial charge in [0.2, 0.25) is 0 Å². The van der Waals surface area contributed by atoms with Gasteiger partial charge in [-0.15, -0.1) is 0 Å². The molecule has 1 amide bonds. The van der Waals surface area contributed by atoms with Crippen LogP contribution in [0.2, 0.25) is 0 Å². The van der Waals surface area contributed by atoms with E-state index in [1.807, 2.05) is 20.8 Å². The lowest BCUT2D eigenvalue weighted by Crippen LogP contribution is -3.17. The Kier molecular flexibility index (Phi) is 5.63. The van der Waals surface area contributed by atoms with Crippen molar-refractivity contribution in [3.05, 3.63) is 35.9 Å². The molecule has 1 fully saturated rings. The number of quaternary nitrogens is 1. The molecule has 0 aromatic heterocycles. The summed E-state index contributed by atoms with van der Waals surface area (Å²) in [5.74, 6) is 0.952. The molecule has 0 radical (unpaired) electrons. The molecule has 2 N–H and O–H groups in total. The Morgan fingerprint density at radius 3 is 2.36 bits per heavy atom. The molecule has 3 heteroatoms. The Morgan fingerprint density at radius 2 is 1.82 bits per heavy atom. The van der Waals surface area contributed by atoms with Crippen LogP contribution in [0.5, 0.6) is 0 Å². The Morgan fingerprint density at radius 1 is 1.23 bits per heavy atom. The summed E-state index contributed by atoms with van der Waals surface area (Å²) in [6.07, 6.45) is 3.62. The fourth-order valence-corrected chi connectivity index (χ4v) is 3.30. The van der Waals surface area contributed by atoms with Crippen LogP contribution in [0.25, 0.3) is 0 Å². The van der Waals surface area contributed by atoms with E-state index in [-0.39, 0.29) is 17.5 Å². The largest absolute Gasteiger partial charge is 0.346 e. The van der Waals surface area contributed by atoms with Crippen LogP contribution in [0.15, 0.2) is 30.3 Å². The molecule has 1 aliphatic heterocycles. The zero-order valence-electron chi connectivity index (χ0n) is 14.5.